The van der Waals surface area contributed by atoms with Crippen LogP contribution in [0.2, 0.25) is 6.04 Å². The van der Waals surface area contributed by atoms with Crippen molar-refractivity contribution in [3.8, 4) is 0 Å². The van der Waals surface area contributed by atoms with Crippen LogP contribution in [0.1, 0.15) is 97.8 Å². The van der Waals surface area contributed by atoms with Crippen LogP contribution in [0.5, 0.6) is 0 Å². The molecule has 0 unspecified atom stereocenters. The maximum Gasteiger partial charge on any atom is 0.502 e. The Morgan fingerprint density at radius 2 is 0.926 bits per heavy atom. The second-order valence-corrected chi connectivity index (χ2v) is 10.7. The van der Waals surface area contributed by atoms with E-state index in [2.05, 4.69) is 39.8 Å². The van der Waals surface area contributed by atoms with E-state index in [4.69, 9.17) is 13.3 Å². The number of rotatable bonds is 21. The first kappa shape index (κ1) is 27.1. The molecule has 0 aromatic heterocycles. The van der Waals surface area contributed by atoms with E-state index in [-0.39, 0.29) is 0 Å². The zero-order valence-electron chi connectivity index (χ0n) is 19.2. The lowest BCUT2D eigenvalue weighted by molar-refractivity contribution is 0.0536. The van der Waals surface area contributed by atoms with Crippen molar-refractivity contribution in [1.29, 1.82) is 0 Å². The zero-order valence-corrected chi connectivity index (χ0v) is 20.2. The van der Waals surface area contributed by atoms with Gasteiger partial charge >= 0.3 is 8.80 Å². The molecule has 0 N–H and O–H groups in total. The maximum absolute atomic E-state index is 6.41. The van der Waals surface area contributed by atoms with E-state index in [1.807, 2.05) is 0 Å². The van der Waals surface area contributed by atoms with Crippen molar-refractivity contribution < 1.29 is 13.3 Å². The van der Waals surface area contributed by atoms with E-state index >= 15 is 0 Å². The van der Waals surface area contributed by atoms with Gasteiger partial charge in [-0.05, 0) is 33.4 Å². The van der Waals surface area contributed by atoms with Crippen molar-refractivity contribution >= 4 is 8.80 Å². The van der Waals surface area contributed by atoms with Gasteiger partial charge < -0.3 is 18.2 Å². The Labute approximate surface area is 171 Å². The molecule has 0 aliphatic heterocycles. The zero-order chi connectivity index (χ0) is 20.2. The van der Waals surface area contributed by atoms with Crippen molar-refractivity contribution in [3.05, 3.63) is 0 Å². The molecule has 0 aliphatic carbocycles. The minimum atomic E-state index is -2.58. The Morgan fingerprint density at radius 1 is 0.556 bits per heavy atom. The average molecular weight is 404 g/mol. The third-order valence-corrected chi connectivity index (χ3v) is 7.59. The molecule has 0 saturated heterocycles. The van der Waals surface area contributed by atoms with Crippen LogP contribution in [0.25, 0.3) is 0 Å². The van der Waals surface area contributed by atoms with Gasteiger partial charge in [0.2, 0.25) is 0 Å². The number of nitrogens with zero attached hydrogens (tertiary/aromatic N) is 1. The van der Waals surface area contributed by atoms with Crippen LogP contribution in [0.15, 0.2) is 0 Å². The summed E-state index contributed by atoms with van der Waals surface area (Å²) in [6, 6.07) is 0.898. The maximum atomic E-state index is 6.41. The standard InChI is InChI=1S/C22H49NO3Si/c1-6-9-12-15-19-24-27(22-18-23(4)5,25-20-16-13-10-7-2)26-21-17-14-11-8-3/h6-22H2,1-5H3. The normalized spacial score (nSPS) is 12.2. The van der Waals surface area contributed by atoms with Gasteiger partial charge in [-0.3, -0.25) is 0 Å². The van der Waals surface area contributed by atoms with Crippen LogP contribution < -0.4 is 0 Å². The molecule has 0 aromatic rings. The molecule has 0 heterocycles. The average Bonchev–Trinajstić information content (AvgIpc) is 2.65. The van der Waals surface area contributed by atoms with Crippen molar-refractivity contribution in [2.75, 3.05) is 40.5 Å². The number of hydrogen-bond acceptors (Lipinski definition) is 4. The SMILES string of the molecule is CCCCCCO[Si](CCN(C)C)(OCCCCCC)OCCCCCC. The van der Waals surface area contributed by atoms with Crippen molar-refractivity contribution in [2.24, 2.45) is 0 Å². The van der Waals surface area contributed by atoms with Crippen molar-refractivity contribution in [3.63, 3.8) is 0 Å². The van der Waals surface area contributed by atoms with Gasteiger partial charge in [-0.15, -0.1) is 0 Å². The minimum absolute atomic E-state index is 0.781. The molecule has 0 saturated carbocycles. The fraction of sp³-hybridized carbons (Fsp3) is 1.00. The molecule has 164 valence electrons. The Kier molecular flexibility index (Phi) is 19.4. The molecule has 27 heavy (non-hydrogen) atoms. The quantitative estimate of drug-likeness (QED) is 0.167. The Bertz CT molecular complexity index is 267. The monoisotopic (exact) mass is 403 g/mol. The van der Waals surface area contributed by atoms with E-state index in [0.717, 1.165) is 51.7 Å². The molecule has 5 heteroatoms. The summed E-state index contributed by atoms with van der Waals surface area (Å²) in [4.78, 5) is 2.21. The lowest BCUT2D eigenvalue weighted by Crippen LogP contribution is -2.48. The Morgan fingerprint density at radius 3 is 1.22 bits per heavy atom. The molecule has 0 spiro atoms. The number of unbranched alkanes of at least 4 members (excludes halogenated alkanes) is 9. The highest BCUT2D eigenvalue weighted by Crippen LogP contribution is 2.19. The van der Waals surface area contributed by atoms with Crippen LogP contribution in [0.3, 0.4) is 0 Å². The second-order valence-electron chi connectivity index (χ2n) is 7.96. The summed E-state index contributed by atoms with van der Waals surface area (Å²) in [5.41, 5.74) is 0. The largest absolute Gasteiger partial charge is 0.502 e. The third kappa shape index (κ3) is 16.7. The third-order valence-electron chi connectivity index (χ3n) is 4.82. The summed E-state index contributed by atoms with van der Waals surface area (Å²) in [7, 11) is 1.65. The molecule has 4 nitrogen and oxygen atoms in total. The molecule has 0 fully saturated rings. The van der Waals surface area contributed by atoms with Gasteiger partial charge in [-0.1, -0.05) is 78.6 Å². The lowest BCUT2D eigenvalue weighted by atomic mass is 10.2. The van der Waals surface area contributed by atoms with Gasteiger partial charge in [0.15, 0.2) is 0 Å². The van der Waals surface area contributed by atoms with Crippen LogP contribution in [0.4, 0.5) is 0 Å². The van der Waals surface area contributed by atoms with Gasteiger partial charge in [0.05, 0.1) is 0 Å². The number of hydrogen-bond donors (Lipinski definition) is 0. The van der Waals surface area contributed by atoms with E-state index in [0.29, 0.717) is 0 Å². The molecule has 0 rings (SSSR count). The fourth-order valence-electron chi connectivity index (χ4n) is 2.97. The molecular weight excluding hydrogens is 354 g/mol. The topological polar surface area (TPSA) is 30.9 Å². The first-order valence-electron chi connectivity index (χ1n) is 11.7. The van der Waals surface area contributed by atoms with Crippen LogP contribution in [-0.4, -0.2) is 54.2 Å². The predicted molar refractivity (Wildman–Crippen MR) is 119 cm³/mol. The first-order chi connectivity index (χ1) is 13.1. The van der Waals surface area contributed by atoms with Gasteiger partial charge in [-0.2, -0.15) is 0 Å². The smallest absolute Gasteiger partial charge is 0.373 e. The van der Waals surface area contributed by atoms with Gasteiger partial charge in [0, 0.05) is 32.4 Å². The molecule has 0 radical (unpaired) electrons. The highest BCUT2D eigenvalue weighted by molar-refractivity contribution is 6.60. The molecule has 0 atom stereocenters. The fourth-order valence-corrected chi connectivity index (χ4v) is 5.74. The summed E-state index contributed by atoms with van der Waals surface area (Å²) < 4.78 is 19.2. The second kappa shape index (κ2) is 19.4. The summed E-state index contributed by atoms with van der Waals surface area (Å²) in [5.74, 6) is 0. The highest BCUT2D eigenvalue weighted by Gasteiger charge is 2.40. The van der Waals surface area contributed by atoms with E-state index < -0.39 is 8.80 Å². The summed E-state index contributed by atoms with van der Waals surface area (Å²) in [5, 5.41) is 0. The van der Waals surface area contributed by atoms with Crippen molar-refractivity contribution in [1.82, 2.24) is 4.90 Å². The Balaban J connectivity index is 4.66. The minimum Gasteiger partial charge on any atom is -0.373 e. The lowest BCUT2D eigenvalue weighted by Gasteiger charge is -2.31. The summed E-state index contributed by atoms with van der Waals surface area (Å²) >= 11 is 0. The molecule has 0 bridgehead atoms. The van der Waals surface area contributed by atoms with Crippen LogP contribution in [-0.2, 0) is 13.3 Å². The predicted octanol–water partition coefficient (Wildman–Crippen LogP) is 6.28. The van der Waals surface area contributed by atoms with E-state index in [1.165, 1.54) is 57.8 Å². The summed E-state index contributed by atoms with van der Waals surface area (Å²) in [6.07, 6.45) is 14.7. The summed E-state index contributed by atoms with van der Waals surface area (Å²) in [6.45, 7) is 10.0. The van der Waals surface area contributed by atoms with Gasteiger partial charge in [0.25, 0.3) is 0 Å². The van der Waals surface area contributed by atoms with E-state index in [9.17, 15) is 0 Å². The van der Waals surface area contributed by atoms with E-state index in [1.54, 1.807) is 0 Å². The van der Waals surface area contributed by atoms with Crippen molar-refractivity contribution in [2.45, 2.75) is 104 Å². The molecule has 0 amide bonds. The molecular formula is C22H49NO3Si. The Hall–Kier alpha value is 0.0569. The first-order valence-corrected chi connectivity index (χ1v) is 13.6. The van der Waals surface area contributed by atoms with Gasteiger partial charge in [-0.25, -0.2) is 0 Å². The van der Waals surface area contributed by atoms with Crippen LogP contribution >= 0.6 is 0 Å². The molecule has 0 aromatic carbocycles. The van der Waals surface area contributed by atoms with Crippen LogP contribution in [0, 0.1) is 0 Å². The molecule has 0 aliphatic rings. The van der Waals surface area contributed by atoms with Gasteiger partial charge in [0.1, 0.15) is 0 Å². The highest BCUT2D eigenvalue weighted by atomic mass is 28.4.